The Morgan fingerprint density at radius 1 is 1.07 bits per heavy atom. The van der Waals surface area contributed by atoms with Gasteiger partial charge in [0.25, 0.3) is 32.8 Å². The number of benzene rings is 2. The van der Waals surface area contributed by atoms with E-state index in [1.54, 1.807) is 0 Å². The molecule has 0 unspecified atom stereocenters. The number of halogens is 1. The van der Waals surface area contributed by atoms with Crippen LogP contribution in [0.3, 0.4) is 0 Å². The minimum atomic E-state index is -4.49. The number of carbonyl (C=O) groups excluding carboxylic acids is 3. The third kappa shape index (κ3) is 3.05. The summed E-state index contributed by atoms with van der Waals surface area (Å²) in [5.41, 5.74) is -0.580. The normalized spacial score (nSPS) is 18.6. The number of rotatable bonds is 3. The molecule has 0 aromatic heterocycles. The molecule has 2 aliphatic heterocycles. The second kappa shape index (κ2) is 6.93. The van der Waals surface area contributed by atoms with Gasteiger partial charge in [0.1, 0.15) is 0 Å². The number of amides is 3. The van der Waals surface area contributed by atoms with Gasteiger partial charge in [-0.2, -0.15) is 4.31 Å². The van der Waals surface area contributed by atoms with Crippen molar-refractivity contribution in [3.8, 4) is 0 Å². The van der Waals surface area contributed by atoms with E-state index in [0.717, 1.165) is 24.3 Å². The minimum absolute atomic E-state index is 0.0574. The van der Waals surface area contributed by atoms with E-state index in [0.29, 0.717) is 16.1 Å². The minimum Gasteiger partial charge on any atom is -0.282 e. The second-order valence-electron chi connectivity index (χ2n) is 6.03. The van der Waals surface area contributed by atoms with Crippen LogP contribution in [-0.2, 0) is 19.6 Å². The molecule has 0 atom stereocenters. The van der Waals surface area contributed by atoms with Gasteiger partial charge in [-0.1, -0.05) is 11.6 Å². The highest BCUT2D eigenvalue weighted by molar-refractivity contribution is 8.18. The highest BCUT2D eigenvalue weighted by Gasteiger charge is 2.45. The molecule has 2 aliphatic rings. The summed E-state index contributed by atoms with van der Waals surface area (Å²) in [5.74, 6) is -1.87. The first-order valence-electron chi connectivity index (χ1n) is 8.03. The number of carbonyl (C=O) groups is 3. The van der Waals surface area contributed by atoms with Gasteiger partial charge in [0, 0.05) is 22.7 Å². The van der Waals surface area contributed by atoms with Crippen molar-refractivity contribution in [3.63, 3.8) is 0 Å². The fourth-order valence-electron chi connectivity index (χ4n) is 2.99. The molecule has 10 nitrogen and oxygen atoms in total. The van der Waals surface area contributed by atoms with E-state index < -0.39 is 32.0 Å². The summed E-state index contributed by atoms with van der Waals surface area (Å²) in [7, 11) is -4.49. The fraction of sp³-hybridized carbons (Fsp3) is 0. The SMILES string of the molecule is O=C1NC(=O)/C(=C2/C(=O)N(S(=O)(=O)c3ccc([N+](=O)[O-])cc3)c3ccc(Cl)cc32)S1. The third-order valence-electron chi connectivity index (χ3n) is 4.27. The average molecular weight is 466 g/mol. The summed E-state index contributed by atoms with van der Waals surface area (Å²) in [5, 5.41) is 12.3. The molecule has 152 valence electrons. The van der Waals surface area contributed by atoms with Crippen LogP contribution in [0.4, 0.5) is 16.2 Å². The van der Waals surface area contributed by atoms with Gasteiger partial charge in [0.2, 0.25) is 0 Å². The summed E-state index contributed by atoms with van der Waals surface area (Å²) in [6.07, 6.45) is 0. The Morgan fingerprint density at radius 2 is 1.73 bits per heavy atom. The first kappa shape index (κ1) is 20.1. The molecule has 13 heteroatoms. The zero-order valence-electron chi connectivity index (χ0n) is 14.5. The summed E-state index contributed by atoms with van der Waals surface area (Å²) in [6.45, 7) is 0. The van der Waals surface area contributed by atoms with Crippen LogP contribution in [0.2, 0.25) is 5.02 Å². The number of imide groups is 1. The van der Waals surface area contributed by atoms with Crippen molar-refractivity contribution >= 4 is 67.4 Å². The van der Waals surface area contributed by atoms with Crippen LogP contribution in [0.5, 0.6) is 0 Å². The Bertz CT molecular complexity index is 1300. The smallest absolute Gasteiger partial charge is 0.282 e. The van der Waals surface area contributed by atoms with Crippen LogP contribution >= 0.6 is 23.4 Å². The van der Waals surface area contributed by atoms with Crippen molar-refractivity contribution < 1.29 is 27.7 Å². The molecule has 2 aromatic rings. The van der Waals surface area contributed by atoms with Crippen molar-refractivity contribution in [2.45, 2.75) is 4.90 Å². The maximum atomic E-state index is 13.2. The van der Waals surface area contributed by atoms with Crippen molar-refractivity contribution in [3.05, 3.63) is 68.1 Å². The van der Waals surface area contributed by atoms with Crippen LogP contribution in [0.15, 0.2) is 52.3 Å². The van der Waals surface area contributed by atoms with E-state index in [1.807, 2.05) is 5.32 Å². The maximum absolute atomic E-state index is 13.2. The standard InChI is InChI=1S/C17H8ClN3O7S2/c18-8-1-6-12-11(7-8)13(14-15(22)19-17(24)29-14)16(23)20(12)30(27,28)10-4-2-9(3-5-10)21(25)26/h1-7H,(H,19,22,24)/b14-13-. The van der Waals surface area contributed by atoms with Gasteiger partial charge in [0.05, 0.1) is 26.0 Å². The first-order chi connectivity index (χ1) is 14.1. The Kier molecular flexibility index (Phi) is 4.64. The van der Waals surface area contributed by atoms with E-state index in [-0.39, 0.29) is 37.3 Å². The summed E-state index contributed by atoms with van der Waals surface area (Å²) in [6, 6.07) is 7.98. The van der Waals surface area contributed by atoms with Gasteiger partial charge in [0.15, 0.2) is 0 Å². The van der Waals surface area contributed by atoms with Gasteiger partial charge in [-0.15, -0.1) is 0 Å². The van der Waals surface area contributed by atoms with Gasteiger partial charge >= 0.3 is 0 Å². The lowest BCUT2D eigenvalue weighted by atomic mass is 10.1. The van der Waals surface area contributed by atoms with E-state index in [4.69, 9.17) is 11.6 Å². The number of nitro benzene ring substituents is 1. The monoisotopic (exact) mass is 465 g/mol. The van der Waals surface area contributed by atoms with E-state index >= 15 is 0 Å². The third-order valence-corrected chi connectivity index (χ3v) is 7.10. The molecule has 4 rings (SSSR count). The number of non-ortho nitro benzene ring substituents is 1. The number of nitrogens with one attached hydrogen (secondary N) is 1. The van der Waals surface area contributed by atoms with Crippen LogP contribution in [-0.4, -0.2) is 30.4 Å². The zero-order chi connectivity index (χ0) is 21.8. The molecule has 3 amide bonds. The highest BCUT2D eigenvalue weighted by Crippen LogP contribution is 2.45. The predicted octanol–water partition coefficient (Wildman–Crippen LogP) is 2.68. The highest BCUT2D eigenvalue weighted by atomic mass is 35.5. The molecule has 0 bridgehead atoms. The van der Waals surface area contributed by atoms with Crippen LogP contribution in [0.1, 0.15) is 5.56 Å². The lowest BCUT2D eigenvalue weighted by Crippen LogP contribution is -2.34. The quantitative estimate of drug-likeness (QED) is 0.414. The first-order valence-corrected chi connectivity index (χ1v) is 10.7. The summed E-state index contributed by atoms with van der Waals surface area (Å²) < 4.78 is 26.9. The molecule has 2 heterocycles. The Labute approximate surface area is 177 Å². The Balaban J connectivity index is 1.90. The molecule has 1 fully saturated rings. The summed E-state index contributed by atoms with van der Waals surface area (Å²) >= 11 is 6.47. The molecular formula is C17H8ClN3O7S2. The number of hydrogen-bond donors (Lipinski definition) is 1. The fourth-order valence-corrected chi connectivity index (χ4v) is 5.36. The lowest BCUT2D eigenvalue weighted by Gasteiger charge is -2.17. The van der Waals surface area contributed by atoms with Crippen LogP contribution in [0.25, 0.3) is 5.57 Å². The van der Waals surface area contributed by atoms with E-state index in [1.165, 1.54) is 18.2 Å². The van der Waals surface area contributed by atoms with Crippen molar-refractivity contribution in [1.29, 1.82) is 0 Å². The second-order valence-corrected chi connectivity index (χ2v) is 9.24. The molecule has 0 aliphatic carbocycles. The molecule has 1 N–H and O–H groups in total. The predicted molar refractivity (Wildman–Crippen MR) is 107 cm³/mol. The molecule has 0 radical (unpaired) electrons. The van der Waals surface area contributed by atoms with E-state index in [2.05, 4.69) is 0 Å². The zero-order valence-corrected chi connectivity index (χ0v) is 16.9. The van der Waals surface area contributed by atoms with Crippen molar-refractivity contribution in [1.82, 2.24) is 5.32 Å². The molecule has 30 heavy (non-hydrogen) atoms. The molecule has 0 saturated carbocycles. The maximum Gasteiger partial charge on any atom is 0.290 e. The van der Waals surface area contributed by atoms with Gasteiger partial charge in [-0.05, 0) is 42.1 Å². The average Bonchev–Trinajstić information content (AvgIpc) is 3.16. The molecule has 1 saturated heterocycles. The van der Waals surface area contributed by atoms with Crippen LogP contribution < -0.4 is 9.62 Å². The van der Waals surface area contributed by atoms with Crippen LogP contribution in [0, 0.1) is 10.1 Å². The number of anilines is 1. The van der Waals surface area contributed by atoms with Crippen molar-refractivity contribution in [2.75, 3.05) is 4.31 Å². The lowest BCUT2D eigenvalue weighted by molar-refractivity contribution is -0.384. The van der Waals surface area contributed by atoms with Gasteiger partial charge in [-0.3, -0.25) is 29.8 Å². The molecule has 0 spiro atoms. The van der Waals surface area contributed by atoms with Crippen molar-refractivity contribution in [2.24, 2.45) is 0 Å². The Hall–Kier alpha value is -3.22. The molecular weight excluding hydrogens is 458 g/mol. The van der Waals surface area contributed by atoms with Gasteiger partial charge < -0.3 is 0 Å². The Morgan fingerprint density at radius 3 is 2.30 bits per heavy atom. The van der Waals surface area contributed by atoms with E-state index in [9.17, 15) is 32.9 Å². The topological polar surface area (TPSA) is 144 Å². The summed E-state index contributed by atoms with van der Waals surface area (Å²) in [4.78, 5) is 46.3. The number of thioether (sulfide) groups is 1. The number of fused-ring (bicyclic) bond motifs is 1. The van der Waals surface area contributed by atoms with Gasteiger partial charge in [-0.25, -0.2) is 8.42 Å². The molecule has 2 aromatic carbocycles. The number of nitrogens with zero attached hydrogens (tertiary/aromatic N) is 2. The number of nitro groups is 1. The largest absolute Gasteiger partial charge is 0.290 e. The number of hydrogen-bond acceptors (Lipinski definition) is 8. The number of sulfonamides is 1.